The Morgan fingerprint density at radius 1 is 1.33 bits per heavy atom. The van der Waals surface area contributed by atoms with Gasteiger partial charge in [0, 0.05) is 20.1 Å². The number of amides is 1. The number of likely N-dealkylation sites (N-methyl/N-ethyl adjacent to an activating group) is 1. The van der Waals surface area contributed by atoms with Gasteiger partial charge in [-0.2, -0.15) is 0 Å². The van der Waals surface area contributed by atoms with Crippen LogP contribution in [0.1, 0.15) is 0 Å². The predicted molar refractivity (Wildman–Crippen MR) is 62.3 cm³/mol. The zero-order valence-corrected chi connectivity index (χ0v) is 8.81. The minimum atomic E-state index is -0.0319. The Hall–Kier alpha value is -1.77. The summed E-state index contributed by atoms with van der Waals surface area (Å²) in [5, 5.41) is 0. The number of benzene rings is 1. The maximum atomic E-state index is 11.6. The minimum Gasteiger partial charge on any atom is -0.371 e. The molecular weight excluding hydrogens is 188 g/mol. The topological polar surface area (TPSA) is 23.6 Å². The van der Waals surface area contributed by atoms with Gasteiger partial charge in [0.1, 0.15) is 0 Å². The Bertz CT molecular complexity index is 400. The lowest BCUT2D eigenvalue weighted by atomic mass is 10.1. The molecule has 1 aromatic rings. The van der Waals surface area contributed by atoms with Crippen molar-refractivity contribution in [2.75, 3.05) is 29.9 Å². The van der Waals surface area contributed by atoms with Crippen molar-refractivity contribution in [2.24, 2.45) is 0 Å². The molecular formula is C12H14N2O. The van der Waals surface area contributed by atoms with Crippen molar-refractivity contribution in [2.45, 2.75) is 0 Å². The maximum absolute atomic E-state index is 11.6. The second-order valence-corrected chi connectivity index (χ2v) is 3.60. The molecule has 15 heavy (non-hydrogen) atoms. The van der Waals surface area contributed by atoms with Crippen LogP contribution in [0.4, 0.5) is 11.4 Å². The molecule has 1 aromatic carbocycles. The molecule has 0 N–H and O–H groups in total. The first-order valence-corrected chi connectivity index (χ1v) is 4.98. The SMILES string of the molecule is C=CC(=O)N1CCN(C)c2ccccc21. The third kappa shape index (κ3) is 1.61. The molecule has 0 unspecified atom stereocenters. The van der Waals surface area contributed by atoms with E-state index in [1.165, 1.54) is 6.08 Å². The van der Waals surface area contributed by atoms with Crippen molar-refractivity contribution in [1.29, 1.82) is 0 Å². The number of hydrogen-bond acceptors (Lipinski definition) is 2. The summed E-state index contributed by atoms with van der Waals surface area (Å²) >= 11 is 0. The first-order chi connectivity index (χ1) is 7.24. The molecule has 2 rings (SSSR count). The summed E-state index contributed by atoms with van der Waals surface area (Å²) in [4.78, 5) is 15.5. The van der Waals surface area contributed by atoms with Crippen LogP contribution in [-0.4, -0.2) is 26.0 Å². The van der Waals surface area contributed by atoms with Crippen molar-refractivity contribution in [1.82, 2.24) is 0 Å². The summed E-state index contributed by atoms with van der Waals surface area (Å²) in [7, 11) is 2.04. The lowest BCUT2D eigenvalue weighted by Gasteiger charge is -2.35. The van der Waals surface area contributed by atoms with Crippen LogP contribution in [0.3, 0.4) is 0 Å². The zero-order valence-electron chi connectivity index (χ0n) is 8.81. The van der Waals surface area contributed by atoms with Gasteiger partial charge in [-0.05, 0) is 18.2 Å². The number of fused-ring (bicyclic) bond motifs is 1. The van der Waals surface area contributed by atoms with E-state index in [9.17, 15) is 4.79 Å². The molecule has 3 heteroatoms. The van der Waals surface area contributed by atoms with Crippen molar-refractivity contribution >= 4 is 17.3 Å². The Morgan fingerprint density at radius 3 is 2.67 bits per heavy atom. The third-order valence-electron chi connectivity index (χ3n) is 2.68. The van der Waals surface area contributed by atoms with Crippen molar-refractivity contribution < 1.29 is 4.79 Å². The third-order valence-corrected chi connectivity index (χ3v) is 2.68. The second-order valence-electron chi connectivity index (χ2n) is 3.60. The van der Waals surface area contributed by atoms with E-state index in [4.69, 9.17) is 0 Å². The smallest absolute Gasteiger partial charge is 0.250 e. The molecule has 0 fully saturated rings. The molecule has 0 saturated carbocycles. The summed E-state index contributed by atoms with van der Waals surface area (Å²) in [5.74, 6) is -0.0319. The number of hydrogen-bond donors (Lipinski definition) is 0. The van der Waals surface area contributed by atoms with E-state index in [2.05, 4.69) is 11.5 Å². The first kappa shape index (κ1) is 9.77. The molecule has 0 radical (unpaired) electrons. The van der Waals surface area contributed by atoms with E-state index < -0.39 is 0 Å². The quantitative estimate of drug-likeness (QED) is 0.646. The van der Waals surface area contributed by atoms with Crippen molar-refractivity contribution in [3.05, 3.63) is 36.9 Å². The number of para-hydroxylation sites is 2. The van der Waals surface area contributed by atoms with Gasteiger partial charge >= 0.3 is 0 Å². The molecule has 0 bridgehead atoms. The second kappa shape index (κ2) is 3.77. The monoisotopic (exact) mass is 202 g/mol. The molecule has 0 atom stereocenters. The lowest BCUT2D eigenvalue weighted by Crippen LogP contribution is -2.41. The maximum Gasteiger partial charge on any atom is 0.250 e. The highest BCUT2D eigenvalue weighted by Crippen LogP contribution is 2.31. The molecule has 1 heterocycles. The highest BCUT2D eigenvalue weighted by molar-refractivity contribution is 6.04. The van der Waals surface area contributed by atoms with Gasteiger partial charge < -0.3 is 9.80 Å². The number of nitrogens with zero attached hydrogens (tertiary/aromatic N) is 2. The fourth-order valence-electron chi connectivity index (χ4n) is 1.85. The van der Waals surface area contributed by atoms with Gasteiger partial charge in [-0.3, -0.25) is 4.79 Å². The van der Waals surface area contributed by atoms with Gasteiger partial charge in [0.25, 0.3) is 5.91 Å². The van der Waals surface area contributed by atoms with E-state index in [0.29, 0.717) is 0 Å². The van der Waals surface area contributed by atoms with Crippen LogP contribution in [0, 0.1) is 0 Å². The summed E-state index contributed by atoms with van der Waals surface area (Å²) in [6, 6.07) is 7.92. The normalized spacial score (nSPS) is 14.7. The van der Waals surface area contributed by atoms with Crippen LogP contribution >= 0.6 is 0 Å². The van der Waals surface area contributed by atoms with Crippen LogP contribution in [0.2, 0.25) is 0 Å². The van der Waals surface area contributed by atoms with Crippen LogP contribution in [-0.2, 0) is 4.79 Å². The molecule has 0 aromatic heterocycles. The Kier molecular flexibility index (Phi) is 2.46. The molecule has 0 spiro atoms. The van der Waals surface area contributed by atoms with Gasteiger partial charge in [0.2, 0.25) is 0 Å². The van der Waals surface area contributed by atoms with Gasteiger partial charge in [-0.1, -0.05) is 18.7 Å². The number of carbonyl (C=O) groups is 1. The van der Waals surface area contributed by atoms with Gasteiger partial charge in [-0.25, -0.2) is 0 Å². The van der Waals surface area contributed by atoms with Gasteiger partial charge in [-0.15, -0.1) is 0 Å². The first-order valence-electron chi connectivity index (χ1n) is 4.98. The van der Waals surface area contributed by atoms with Gasteiger partial charge in [0.05, 0.1) is 11.4 Å². The van der Waals surface area contributed by atoms with E-state index in [1.807, 2.05) is 31.3 Å². The summed E-state index contributed by atoms with van der Waals surface area (Å²) in [5.41, 5.74) is 2.06. The average Bonchev–Trinajstić information content (AvgIpc) is 2.29. The Balaban J connectivity index is 2.44. The van der Waals surface area contributed by atoms with Gasteiger partial charge in [0.15, 0.2) is 0 Å². The Morgan fingerprint density at radius 2 is 2.00 bits per heavy atom. The van der Waals surface area contributed by atoms with E-state index >= 15 is 0 Å². The molecule has 1 amide bonds. The highest BCUT2D eigenvalue weighted by Gasteiger charge is 2.22. The molecule has 78 valence electrons. The standard InChI is InChI=1S/C12H14N2O/c1-3-12(15)14-9-8-13(2)10-6-4-5-7-11(10)14/h3-7H,1,8-9H2,2H3. The summed E-state index contributed by atoms with van der Waals surface area (Å²) in [6.45, 7) is 5.10. The predicted octanol–water partition coefficient (Wildman–Crippen LogP) is 1.66. The number of carbonyl (C=O) groups excluding carboxylic acids is 1. The summed E-state index contributed by atoms with van der Waals surface area (Å²) in [6.07, 6.45) is 1.36. The number of rotatable bonds is 1. The molecule has 0 aliphatic carbocycles. The summed E-state index contributed by atoms with van der Waals surface area (Å²) < 4.78 is 0. The van der Waals surface area contributed by atoms with E-state index in [0.717, 1.165) is 24.5 Å². The van der Waals surface area contributed by atoms with Crippen LogP contribution in [0.15, 0.2) is 36.9 Å². The number of anilines is 2. The fraction of sp³-hybridized carbons (Fsp3) is 0.250. The van der Waals surface area contributed by atoms with Crippen molar-refractivity contribution in [3.8, 4) is 0 Å². The molecule has 1 aliphatic rings. The van der Waals surface area contributed by atoms with Crippen LogP contribution in [0.25, 0.3) is 0 Å². The lowest BCUT2D eigenvalue weighted by molar-refractivity contribution is -0.114. The highest BCUT2D eigenvalue weighted by atomic mass is 16.2. The van der Waals surface area contributed by atoms with Crippen molar-refractivity contribution in [3.63, 3.8) is 0 Å². The minimum absolute atomic E-state index is 0.0319. The van der Waals surface area contributed by atoms with Crippen LogP contribution < -0.4 is 9.80 Å². The Labute approximate surface area is 89.6 Å². The average molecular weight is 202 g/mol. The molecule has 0 saturated heterocycles. The molecule has 3 nitrogen and oxygen atoms in total. The zero-order chi connectivity index (χ0) is 10.8. The largest absolute Gasteiger partial charge is 0.371 e. The molecule has 1 aliphatic heterocycles. The van der Waals surface area contributed by atoms with E-state index in [1.54, 1.807) is 4.90 Å². The fourth-order valence-corrected chi connectivity index (χ4v) is 1.85. The van der Waals surface area contributed by atoms with Crippen LogP contribution in [0.5, 0.6) is 0 Å². The van der Waals surface area contributed by atoms with E-state index in [-0.39, 0.29) is 5.91 Å².